The van der Waals surface area contributed by atoms with Crippen LogP contribution in [0.25, 0.3) is 0 Å². The van der Waals surface area contributed by atoms with Crippen molar-refractivity contribution in [2.24, 2.45) is 0 Å². The fourth-order valence-electron chi connectivity index (χ4n) is 3.68. The van der Waals surface area contributed by atoms with Gasteiger partial charge >= 0.3 is 0 Å². The minimum Gasteiger partial charge on any atom is -0.479 e. The van der Waals surface area contributed by atoms with E-state index in [1.54, 1.807) is 24.5 Å². The minimum atomic E-state index is -1.21. The molecule has 0 spiro atoms. The van der Waals surface area contributed by atoms with Crippen molar-refractivity contribution in [3.8, 4) is 11.8 Å². The van der Waals surface area contributed by atoms with Crippen LogP contribution in [-0.4, -0.2) is 70.2 Å². The molecular weight excluding hydrogens is 436 g/mol. The van der Waals surface area contributed by atoms with Crippen LogP contribution in [0, 0.1) is 11.3 Å². The van der Waals surface area contributed by atoms with Crippen molar-refractivity contribution in [3.63, 3.8) is 0 Å². The zero-order chi connectivity index (χ0) is 23.3. The molecule has 11 heteroatoms. The molecule has 1 aliphatic rings. The van der Waals surface area contributed by atoms with Crippen molar-refractivity contribution in [1.82, 2.24) is 9.78 Å². The van der Waals surface area contributed by atoms with Crippen LogP contribution in [0.5, 0.6) is 5.75 Å². The van der Waals surface area contributed by atoms with Gasteiger partial charge in [-0.1, -0.05) is 0 Å². The summed E-state index contributed by atoms with van der Waals surface area (Å²) in [6, 6.07) is 9.13. The number of ether oxygens (including phenoxy) is 3. The quantitative estimate of drug-likeness (QED) is 0.544. The third-order valence-corrected chi connectivity index (χ3v) is 5.94. The van der Waals surface area contributed by atoms with Gasteiger partial charge in [0.2, 0.25) is 0 Å². The average molecular weight is 463 g/mol. The number of anilines is 1. The molecule has 3 rings (SSSR count). The number of nitrogens with one attached hydrogen (secondary N) is 1. The first-order valence-corrected chi connectivity index (χ1v) is 11.6. The van der Waals surface area contributed by atoms with Crippen LogP contribution in [-0.2, 0) is 26.8 Å². The molecular formula is C21H26N4O6S. The number of nitriles is 1. The fourth-order valence-corrected chi connectivity index (χ4v) is 4.11. The predicted molar refractivity (Wildman–Crippen MR) is 118 cm³/mol. The number of aromatic nitrogens is 2. The van der Waals surface area contributed by atoms with Gasteiger partial charge in [-0.3, -0.25) is 9.00 Å². The van der Waals surface area contributed by atoms with E-state index in [9.17, 15) is 19.4 Å². The first-order chi connectivity index (χ1) is 15.3. The van der Waals surface area contributed by atoms with Gasteiger partial charge in [-0.05, 0) is 24.3 Å². The first-order valence-electron chi connectivity index (χ1n) is 9.87. The number of aliphatic hydroxyl groups excluding tert-OH is 1. The maximum Gasteiger partial charge on any atom is 0.266 e. The Morgan fingerprint density at radius 3 is 2.66 bits per heavy atom. The molecule has 1 aliphatic heterocycles. The number of fused-ring (bicyclic) bond motifs is 1. The summed E-state index contributed by atoms with van der Waals surface area (Å²) in [6.07, 6.45) is 0.412. The molecule has 172 valence electrons. The lowest BCUT2D eigenvalue weighted by Gasteiger charge is -2.45. The standard InChI is InChI=1S/C21H26N4O6S/c1-29-12-21(13-30-2)20(27)19(15-10-14(11-22)4-5-16(15)31-21)23-17-6-7-18(26)25(24-17)8-9-32(3)28/h4-7,10,19-20,27H,8-9,12-13H2,1-3H3,(H,23,24)/t19-,20+,32?/m1/s1. The highest BCUT2D eigenvalue weighted by atomic mass is 32.2. The van der Waals surface area contributed by atoms with Crippen LogP contribution >= 0.6 is 0 Å². The molecule has 1 aromatic carbocycles. The second-order valence-corrected chi connectivity index (χ2v) is 9.08. The highest BCUT2D eigenvalue weighted by Crippen LogP contribution is 2.42. The second kappa shape index (κ2) is 10.2. The Morgan fingerprint density at radius 1 is 1.31 bits per heavy atom. The lowest BCUT2D eigenvalue weighted by atomic mass is 9.84. The topological polar surface area (TPSA) is 136 Å². The molecule has 0 saturated heterocycles. The van der Waals surface area contributed by atoms with Crippen molar-refractivity contribution >= 4 is 16.6 Å². The maximum atomic E-state index is 12.1. The van der Waals surface area contributed by atoms with Gasteiger partial charge in [-0.15, -0.1) is 0 Å². The molecule has 0 aliphatic carbocycles. The van der Waals surface area contributed by atoms with Crippen molar-refractivity contribution in [2.45, 2.75) is 24.3 Å². The summed E-state index contributed by atoms with van der Waals surface area (Å²) in [5, 5.41) is 28.2. The van der Waals surface area contributed by atoms with E-state index in [1.165, 1.54) is 31.0 Å². The van der Waals surface area contributed by atoms with Gasteiger partial charge in [0, 0.05) is 48.7 Å². The number of aliphatic hydroxyl groups is 1. The summed E-state index contributed by atoms with van der Waals surface area (Å²) in [6.45, 7) is 0.296. The summed E-state index contributed by atoms with van der Waals surface area (Å²) in [7, 11) is 1.92. The molecule has 32 heavy (non-hydrogen) atoms. The van der Waals surface area contributed by atoms with E-state index in [4.69, 9.17) is 14.2 Å². The number of rotatable bonds is 9. The third-order valence-electron chi connectivity index (χ3n) is 5.18. The van der Waals surface area contributed by atoms with Gasteiger partial charge < -0.3 is 24.6 Å². The molecule has 2 N–H and O–H groups in total. The first kappa shape index (κ1) is 23.9. The van der Waals surface area contributed by atoms with Crippen LogP contribution in [0.3, 0.4) is 0 Å². The number of hydrogen-bond acceptors (Lipinski definition) is 9. The van der Waals surface area contributed by atoms with Gasteiger partial charge in [0.25, 0.3) is 5.56 Å². The van der Waals surface area contributed by atoms with E-state index >= 15 is 0 Å². The number of nitrogens with zero attached hydrogens (tertiary/aromatic N) is 3. The number of aryl methyl sites for hydroxylation is 1. The second-order valence-electron chi connectivity index (χ2n) is 7.52. The molecule has 2 heterocycles. The van der Waals surface area contributed by atoms with E-state index < -0.39 is 28.5 Å². The fraction of sp³-hybridized carbons (Fsp3) is 0.476. The predicted octanol–water partition coefficient (Wildman–Crippen LogP) is 0.432. The highest BCUT2D eigenvalue weighted by Gasteiger charge is 2.50. The Balaban J connectivity index is 2.03. The average Bonchev–Trinajstić information content (AvgIpc) is 2.77. The van der Waals surface area contributed by atoms with E-state index in [1.807, 2.05) is 0 Å². The zero-order valence-corrected chi connectivity index (χ0v) is 18.9. The maximum absolute atomic E-state index is 12.1. The Kier molecular flexibility index (Phi) is 7.63. The Labute approximate surface area is 188 Å². The normalized spacial score (nSPS) is 20.0. The summed E-state index contributed by atoms with van der Waals surface area (Å²) in [4.78, 5) is 12.1. The van der Waals surface area contributed by atoms with Crippen LogP contribution in [0.15, 0.2) is 35.1 Å². The molecule has 0 radical (unpaired) electrons. The number of methoxy groups -OCH3 is 2. The van der Waals surface area contributed by atoms with E-state index in [0.717, 1.165) is 0 Å². The summed E-state index contributed by atoms with van der Waals surface area (Å²) in [5.41, 5.74) is -0.571. The van der Waals surface area contributed by atoms with Crippen molar-refractivity contribution in [2.75, 3.05) is 44.8 Å². The molecule has 0 fully saturated rings. The monoisotopic (exact) mass is 462 g/mol. The molecule has 0 saturated carbocycles. The Morgan fingerprint density at radius 2 is 2.03 bits per heavy atom. The molecule has 3 atom stereocenters. The van der Waals surface area contributed by atoms with E-state index in [-0.39, 0.29) is 31.1 Å². The van der Waals surface area contributed by atoms with Crippen LogP contribution in [0.1, 0.15) is 17.2 Å². The van der Waals surface area contributed by atoms with Crippen molar-refractivity contribution in [1.29, 1.82) is 5.26 Å². The van der Waals surface area contributed by atoms with Gasteiger partial charge in [0.05, 0.1) is 37.4 Å². The number of hydrogen-bond donors (Lipinski definition) is 2. The van der Waals surface area contributed by atoms with Gasteiger partial charge in [0.1, 0.15) is 17.7 Å². The van der Waals surface area contributed by atoms with Crippen LogP contribution in [0.4, 0.5) is 5.82 Å². The summed E-state index contributed by atoms with van der Waals surface area (Å²) >= 11 is 0. The van der Waals surface area contributed by atoms with Crippen molar-refractivity contribution < 1.29 is 23.5 Å². The summed E-state index contributed by atoms with van der Waals surface area (Å²) in [5.74, 6) is 1.08. The molecule has 0 bridgehead atoms. The van der Waals surface area contributed by atoms with E-state index in [0.29, 0.717) is 22.7 Å². The highest BCUT2D eigenvalue weighted by molar-refractivity contribution is 7.84. The lowest BCUT2D eigenvalue weighted by Crippen LogP contribution is -2.60. The zero-order valence-electron chi connectivity index (χ0n) is 18.1. The van der Waals surface area contributed by atoms with Gasteiger partial charge in [-0.2, -0.15) is 10.4 Å². The number of benzene rings is 1. The molecule has 1 unspecified atom stereocenters. The Hall–Kier alpha value is -2.78. The SMILES string of the molecule is COCC1(COC)Oc2ccc(C#N)cc2[C@@H](Nc2ccc(=O)n(CCS(C)=O)n2)[C@@H]1O. The molecule has 2 aromatic rings. The largest absolute Gasteiger partial charge is 0.479 e. The molecule has 0 amide bonds. The summed E-state index contributed by atoms with van der Waals surface area (Å²) < 4.78 is 29.4. The lowest BCUT2D eigenvalue weighted by molar-refractivity contribution is -0.142. The Bertz CT molecular complexity index is 1080. The smallest absolute Gasteiger partial charge is 0.266 e. The van der Waals surface area contributed by atoms with Gasteiger partial charge in [0.15, 0.2) is 5.60 Å². The minimum absolute atomic E-state index is 0.0505. The van der Waals surface area contributed by atoms with Crippen LogP contribution in [0.2, 0.25) is 0 Å². The van der Waals surface area contributed by atoms with Gasteiger partial charge in [-0.25, -0.2) is 4.68 Å². The van der Waals surface area contributed by atoms with E-state index in [2.05, 4.69) is 16.5 Å². The van der Waals surface area contributed by atoms with Crippen LogP contribution < -0.4 is 15.6 Å². The molecule has 1 aromatic heterocycles. The third kappa shape index (κ3) is 4.99. The van der Waals surface area contributed by atoms with Crippen molar-refractivity contribution in [3.05, 3.63) is 51.8 Å². The molecule has 10 nitrogen and oxygen atoms in total.